The first-order valence-electron chi connectivity index (χ1n) is 6.69. The van der Waals surface area contributed by atoms with E-state index < -0.39 is 0 Å². The normalized spacial score (nSPS) is 11.0. The van der Waals surface area contributed by atoms with Crippen molar-refractivity contribution in [2.24, 2.45) is 0 Å². The van der Waals surface area contributed by atoms with Crippen LogP contribution in [0, 0.1) is 0 Å². The Balaban J connectivity index is 1.68. The highest BCUT2D eigenvalue weighted by Crippen LogP contribution is 2.27. The lowest BCUT2D eigenvalue weighted by Crippen LogP contribution is -1.98. The Hall–Kier alpha value is -2.46. The minimum atomic E-state index is 0.503. The Morgan fingerprint density at radius 2 is 1.81 bits per heavy atom. The van der Waals surface area contributed by atoms with E-state index >= 15 is 0 Å². The van der Waals surface area contributed by atoms with Crippen molar-refractivity contribution < 1.29 is 4.74 Å². The average Bonchev–Trinajstić information content (AvgIpc) is 3.02. The Labute approximate surface area is 125 Å². The summed E-state index contributed by atoms with van der Waals surface area (Å²) in [4.78, 5) is 9.44. The molecule has 2 aromatic heterocycles. The van der Waals surface area contributed by atoms with Crippen LogP contribution in [0.3, 0.4) is 0 Å². The first-order valence-corrected chi connectivity index (χ1v) is 7.57. The van der Waals surface area contributed by atoms with Gasteiger partial charge in [-0.05, 0) is 27.8 Å². The summed E-state index contributed by atoms with van der Waals surface area (Å²) in [5.74, 6) is 0.647. The molecule has 2 aromatic carbocycles. The first-order chi connectivity index (χ1) is 10.4. The van der Waals surface area contributed by atoms with E-state index in [9.17, 15) is 0 Å². The maximum Gasteiger partial charge on any atom is 0.225 e. The van der Waals surface area contributed by atoms with Gasteiger partial charge in [-0.15, -0.1) is 11.3 Å². The first kappa shape index (κ1) is 12.3. The van der Waals surface area contributed by atoms with Crippen molar-refractivity contribution in [3.05, 3.63) is 65.8 Å². The molecule has 0 saturated heterocycles. The SMILES string of the molecule is c1ccc2c(COc3ncnc4sccc34)cccc2c1. The Bertz CT molecular complexity index is 911. The number of hydrogen-bond acceptors (Lipinski definition) is 4. The lowest BCUT2D eigenvalue weighted by atomic mass is 10.1. The van der Waals surface area contributed by atoms with Crippen molar-refractivity contribution in [2.45, 2.75) is 6.61 Å². The minimum absolute atomic E-state index is 0.503. The zero-order valence-electron chi connectivity index (χ0n) is 11.2. The predicted octanol–water partition coefficient (Wildman–Crippen LogP) is 4.42. The van der Waals surface area contributed by atoms with Gasteiger partial charge in [0.1, 0.15) is 17.8 Å². The number of fused-ring (bicyclic) bond motifs is 2. The number of thiophene rings is 1. The summed E-state index contributed by atoms with van der Waals surface area (Å²) in [6.45, 7) is 0.503. The van der Waals surface area contributed by atoms with Crippen LogP contribution >= 0.6 is 11.3 Å². The number of nitrogens with zero attached hydrogens (tertiary/aromatic N) is 2. The van der Waals surface area contributed by atoms with E-state index in [0.717, 1.165) is 15.8 Å². The summed E-state index contributed by atoms with van der Waals surface area (Å²) in [7, 11) is 0. The fraction of sp³-hybridized carbons (Fsp3) is 0.0588. The molecule has 3 nitrogen and oxygen atoms in total. The van der Waals surface area contributed by atoms with E-state index in [1.54, 1.807) is 17.7 Å². The smallest absolute Gasteiger partial charge is 0.225 e. The molecule has 0 N–H and O–H groups in total. The van der Waals surface area contributed by atoms with E-state index in [-0.39, 0.29) is 0 Å². The maximum atomic E-state index is 5.93. The third kappa shape index (κ3) is 2.23. The van der Waals surface area contributed by atoms with Gasteiger partial charge in [-0.3, -0.25) is 0 Å². The Morgan fingerprint density at radius 1 is 0.905 bits per heavy atom. The van der Waals surface area contributed by atoms with Crippen LogP contribution in [-0.4, -0.2) is 9.97 Å². The highest BCUT2D eigenvalue weighted by atomic mass is 32.1. The second kappa shape index (κ2) is 5.14. The van der Waals surface area contributed by atoms with Crippen molar-refractivity contribution in [2.75, 3.05) is 0 Å². The van der Waals surface area contributed by atoms with Crippen LogP contribution in [0.5, 0.6) is 5.88 Å². The quantitative estimate of drug-likeness (QED) is 0.560. The summed E-state index contributed by atoms with van der Waals surface area (Å²) < 4.78 is 5.93. The predicted molar refractivity (Wildman–Crippen MR) is 85.7 cm³/mol. The van der Waals surface area contributed by atoms with Crippen LogP contribution in [0.1, 0.15) is 5.56 Å². The summed E-state index contributed by atoms with van der Waals surface area (Å²) in [5.41, 5.74) is 1.16. The van der Waals surface area contributed by atoms with Gasteiger partial charge in [-0.1, -0.05) is 42.5 Å². The maximum absolute atomic E-state index is 5.93. The molecule has 102 valence electrons. The second-order valence-electron chi connectivity index (χ2n) is 4.75. The molecule has 0 aliphatic heterocycles. The molecule has 0 fully saturated rings. The highest BCUT2D eigenvalue weighted by Gasteiger charge is 2.07. The van der Waals surface area contributed by atoms with Crippen LogP contribution < -0.4 is 4.74 Å². The monoisotopic (exact) mass is 292 g/mol. The third-order valence-corrected chi connectivity index (χ3v) is 4.29. The summed E-state index contributed by atoms with van der Waals surface area (Å²) >= 11 is 1.59. The minimum Gasteiger partial charge on any atom is -0.472 e. The molecular formula is C17H12N2OS. The fourth-order valence-corrected chi connectivity index (χ4v) is 3.17. The van der Waals surface area contributed by atoms with Gasteiger partial charge in [0, 0.05) is 0 Å². The molecule has 4 heteroatoms. The zero-order chi connectivity index (χ0) is 14.1. The molecule has 4 aromatic rings. The molecular weight excluding hydrogens is 280 g/mol. The topological polar surface area (TPSA) is 35.0 Å². The largest absolute Gasteiger partial charge is 0.472 e. The van der Waals surface area contributed by atoms with Crippen molar-refractivity contribution >= 4 is 32.3 Å². The molecule has 21 heavy (non-hydrogen) atoms. The zero-order valence-corrected chi connectivity index (χ0v) is 12.0. The molecule has 0 bridgehead atoms. The second-order valence-corrected chi connectivity index (χ2v) is 5.64. The molecule has 0 saturated carbocycles. The van der Waals surface area contributed by atoms with Crippen LogP contribution in [0.15, 0.2) is 60.2 Å². The van der Waals surface area contributed by atoms with Gasteiger partial charge >= 0.3 is 0 Å². The standard InChI is InChI=1S/C17H12N2OS/c1-2-7-14-12(4-1)5-3-6-13(14)10-20-16-15-8-9-21-17(15)19-11-18-16/h1-9,11H,10H2. The van der Waals surface area contributed by atoms with Crippen molar-refractivity contribution in [1.29, 1.82) is 0 Å². The highest BCUT2D eigenvalue weighted by molar-refractivity contribution is 7.16. The molecule has 2 heterocycles. The third-order valence-electron chi connectivity index (χ3n) is 3.47. The molecule has 4 rings (SSSR count). The van der Waals surface area contributed by atoms with Crippen molar-refractivity contribution in [3.8, 4) is 5.88 Å². The molecule has 0 atom stereocenters. The lowest BCUT2D eigenvalue weighted by Gasteiger charge is -2.08. The van der Waals surface area contributed by atoms with E-state index in [2.05, 4.69) is 40.3 Å². The summed E-state index contributed by atoms with van der Waals surface area (Å²) in [6.07, 6.45) is 1.55. The van der Waals surface area contributed by atoms with Crippen LogP contribution in [0.4, 0.5) is 0 Å². The number of hydrogen-bond donors (Lipinski definition) is 0. The van der Waals surface area contributed by atoms with Gasteiger partial charge in [0.15, 0.2) is 0 Å². The molecule has 0 spiro atoms. The molecule has 0 aliphatic rings. The van der Waals surface area contributed by atoms with E-state index in [1.807, 2.05) is 23.6 Å². The van der Waals surface area contributed by atoms with Crippen molar-refractivity contribution in [3.63, 3.8) is 0 Å². The van der Waals surface area contributed by atoms with Gasteiger partial charge in [-0.25, -0.2) is 9.97 Å². The van der Waals surface area contributed by atoms with Gasteiger partial charge in [-0.2, -0.15) is 0 Å². The van der Waals surface area contributed by atoms with Gasteiger partial charge < -0.3 is 4.74 Å². The fourth-order valence-electron chi connectivity index (χ4n) is 2.45. The van der Waals surface area contributed by atoms with E-state index in [0.29, 0.717) is 12.5 Å². The average molecular weight is 292 g/mol. The van der Waals surface area contributed by atoms with E-state index in [1.165, 1.54) is 10.8 Å². The number of ether oxygens (including phenoxy) is 1. The number of aromatic nitrogens is 2. The van der Waals surface area contributed by atoms with Crippen LogP contribution in [0.2, 0.25) is 0 Å². The molecule has 0 aliphatic carbocycles. The Morgan fingerprint density at radius 3 is 2.81 bits per heavy atom. The van der Waals surface area contributed by atoms with Crippen LogP contribution in [-0.2, 0) is 6.61 Å². The number of rotatable bonds is 3. The lowest BCUT2D eigenvalue weighted by molar-refractivity contribution is 0.299. The number of benzene rings is 2. The molecule has 0 radical (unpaired) electrons. The molecule has 0 amide bonds. The summed E-state index contributed by atoms with van der Waals surface area (Å²) in [6, 6.07) is 16.6. The van der Waals surface area contributed by atoms with Crippen molar-refractivity contribution in [1.82, 2.24) is 9.97 Å². The Kier molecular flexibility index (Phi) is 3.01. The van der Waals surface area contributed by atoms with Gasteiger partial charge in [0.05, 0.1) is 5.39 Å². The molecule has 0 unspecified atom stereocenters. The van der Waals surface area contributed by atoms with Gasteiger partial charge in [0.25, 0.3) is 0 Å². The van der Waals surface area contributed by atoms with Crippen LogP contribution in [0.25, 0.3) is 21.0 Å². The van der Waals surface area contributed by atoms with E-state index in [4.69, 9.17) is 4.74 Å². The van der Waals surface area contributed by atoms with Gasteiger partial charge in [0.2, 0.25) is 5.88 Å². The summed E-state index contributed by atoms with van der Waals surface area (Å²) in [5, 5.41) is 5.42.